The van der Waals surface area contributed by atoms with E-state index in [1.807, 2.05) is 6.92 Å². The SMILES string of the molecule is [B][B]C1OC(COP(C)(=O)OC2C(COP(C)(=O)[O-])OC(B([B])[B])C2C)C(OP(C)(=O)OCC2OC([B])C(C)C2OC)C1C. The van der Waals surface area contributed by atoms with Gasteiger partial charge in [0.05, 0.1) is 51.8 Å². The van der Waals surface area contributed by atoms with Gasteiger partial charge in [-0.1, -0.05) is 20.8 Å². The Labute approximate surface area is 267 Å². The van der Waals surface area contributed by atoms with Gasteiger partial charge in [0.15, 0.2) is 0 Å². The fraction of sp³-hybridized carbons (Fsp3) is 1.00. The summed E-state index contributed by atoms with van der Waals surface area (Å²) in [6, 6.07) is -1.86. The Hall–Kier alpha value is 0.680. The second-order valence-electron chi connectivity index (χ2n) is 11.8. The van der Waals surface area contributed by atoms with Crippen molar-refractivity contribution in [1.29, 1.82) is 0 Å². The average Bonchev–Trinajstić information content (AvgIpc) is 3.50. The predicted octanol–water partition coefficient (Wildman–Crippen LogP) is 0.0967. The van der Waals surface area contributed by atoms with Crippen molar-refractivity contribution < 1.29 is 60.2 Å². The maximum atomic E-state index is 13.5. The predicted molar refractivity (Wildman–Crippen MR) is 167 cm³/mol. The maximum Gasteiger partial charge on any atom is 0.328 e. The van der Waals surface area contributed by atoms with Crippen molar-refractivity contribution in [2.45, 2.75) is 75.4 Å². The van der Waals surface area contributed by atoms with E-state index in [-0.39, 0.29) is 31.2 Å². The molecule has 0 bridgehead atoms. The second-order valence-corrected chi connectivity index (χ2v) is 17.6. The van der Waals surface area contributed by atoms with Crippen LogP contribution in [0.1, 0.15) is 20.8 Å². The molecule has 13 nitrogen and oxygen atoms in total. The molecule has 3 aliphatic rings. The summed E-state index contributed by atoms with van der Waals surface area (Å²) in [7, 11) is 14.6. The lowest BCUT2D eigenvalue weighted by atomic mass is 9.16. The summed E-state index contributed by atoms with van der Waals surface area (Å²) in [4.78, 5) is 11.6. The Morgan fingerprint density at radius 2 is 1.25 bits per heavy atom. The van der Waals surface area contributed by atoms with Gasteiger partial charge >= 0.3 is 15.2 Å². The highest BCUT2D eigenvalue weighted by Crippen LogP contribution is 2.52. The van der Waals surface area contributed by atoms with E-state index in [1.165, 1.54) is 27.6 Å². The van der Waals surface area contributed by atoms with Gasteiger partial charge in [0.2, 0.25) is 0 Å². The molecule has 3 fully saturated rings. The van der Waals surface area contributed by atoms with Gasteiger partial charge in [-0.2, -0.15) is 0 Å². The summed E-state index contributed by atoms with van der Waals surface area (Å²) in [5.74, 6) is -0.956. The first-order valence-electron chi connectivity index (χ1n) is 14.3. The third kappa shape index (κ3) is 10.3. The normalized spacial score (nSPS) is 41.5. The topological polar surface area (TPSA) is 157 Å². The fourth-order valence-electron chi connectivity index (χ4n) is 5.67. The molecule has 0 aromatic heterocycles. The van der Waals surface area contributed by atoms with Crippen molar-refractivity contribution in [3.8, 4) is 0 Å². The van der Waals surface area contributed by atoms with Crippen LogP contribution in [0.5, 0.6) is 0 Å². The van der Waals surface area contributed by atoms with Gasteiger partial charge in [-0.15, -0.1) is 0 Å². The summed E-state index contributed by atoms with van der Waals surface area (Å²) in [5, 5.41) is 0. The molecule has 0 spiro atoms. The number of hydrogen-bond acceptors (Lipinski definition) is 13. The van der Waals surface area contributed by atoms with Crippen LogP contribution in [0, 0.1) is 17.8 Å². The van der Waals surface area contributed by atoms with Gasteiger partial charge in [-0.25, -0.2) is 0 Å². The number of rotatable bonds is 16. The van der Waals surface area contributed by atoms with E-state index in [9.17, 15) is 18.6 Å². The minimum atomic E-state index is -4.09. The third-order valence-corrected chi connectivity index (χ3v) is 11.2. The van der Waals surface area contributed by atoms with Crippen molar-refractivity contribution >= 4 is 67.5 Å². The largest absolute Gasteiger partial charge is 0.779 e. The summed E-state index contributed by atoms with van der Waals surface area (Å²) < 4.78 is 89.6. The molecule has 44 heavy (non-hydrogen) atoms. The van der Waals surface area contributed by atoms with E-state index < -0.39 is 90.3 Å². The first kappa shape index (κ1) is 39.1. The molecule has 0 aromatic rings. The molecular formula is C22H39B6O13P3-. The van der Waals surface area contributed by atoms with Gasteiger partial charge in [0.25, 0.3) is 0 Å². The second kappa shape index (κ2) is 15.9. The van der Waals surface area contributed by atoms with Crippen LogP contribution in [0.25, 0.3) is 0 Å². The fourth-order valence-corrected chi connectivity index (χ4v) is 8.59. The molecule has 15 unspecified atom stereocenters. The van der Waals surface area contributed by atoms with Crippen LogP contribution in [0.15, 0.2) is 0 Å². The van der Waals surface area contributed by atoms with Gasteiger partial charge < -0.3 is 51.0 Å². The highest BCUT2D eigenvalue weighted by molar-refractivity contribution is 7.53. The van der Waals surface area contributed by atoms with Crippen molar-refractivity contribution in [2.24, 2.45) is 17.8 Å². The van der Waals surface area contributed by atoms with E-state index in [0.717, 1.165) is 6.66 Å². The van der Waals surface area contributed by atoms with Crippen LogP contribution in [0.4, 0.5) is 0 Å². The third-order valence-electron chi connectivity index (χ3n) is 8.09. The number of hydrogen-bond donors (Lipinski definition) is 0. The molecule has 3 rings (SSSR count). The average molecular weight is 669 g/mol. The highest BCUT2D eigenvalue weighted by atomic mass is 31.2. The molecule has 3 heterocycles. The minimum absolute atomic E-state index is 0.0856. The van der Waals surface area contributed by atoms with E-state index in [4.69, 9.17) is 72.6 Å². The Morgan fingerprint density at radius 3 is 1.73 bits per heavy atom. The summed E-state index contributed by atoms with van der Waals surface area (Å²) in [6.45, 7) is 7.21. The van der Waals surface area contributed by atoms with Crippen LogP contribution in [0.2, 0.25) is 0 Å². The van der Waals surface area contributed by atoms with Gasteiger partial charge in [0, 0.05) is 86.1 Å². The van der Waals surface area contributed by atoms with E-state index in [0.29, 0.717) is 0 Å². The molecule has 9 radical (unpaired) electrons. The molecule has 0 saturated carbocycles. The molecule has 3 saturated heterocycles. The van der Waals surface area contributed by atoms with Crippen LogP contribution in [-0.4, -0.2) is 146 Å². The van der Waals surface area contributed by atoms with Crippen LogP contribution in [0.3, 0.4) is 0 Å². The zero-order valence-corrected chi connectivity index (χ0v) is 28.8. The molecule has 3 aliphatic heterocycles. The summed E-state index contributed by atoms with van der Waals surface area (Å²) in [5.41, 5.74) is 0. The molecule has 0 aromatic carbocycles. The molecule has 15 atom stereocenters. The lowest BCUT2D eigenvalue weighted by Crippen LogP contribution is -2.38. The minimum Gasteiger partial charge on any atom is -0.779 e. The molecule has 22 heteroatoms. The summed E-state index contributed by atoms with van der Waals surface area (Å²) >= 11 is 0. The molecular weight excluding hydrogens is 630 g/mol. The Morgan fingerprint density at radius 1 is 0.773 bits per heavy atom. The Kier molecular flexibility index (Phi) is 14.2. The highest BCUT2D eigenvalue weighted by Gasteiger charge is 2.49. The van der Waals surface area contributed by atoms with Gasteiger partial charge in [-0.3, -0.25) is 9.13 Å². The van der Waals surface area contributed by atoms with Gasteiger partial charge in [0.1, 0.15) is 33.8 Å². The lowest BCUT2D eigenvalue weighted by Gasteiger charge is -2.29. The van der Waals surface area contributed by atoms with Crippen molar-refractivity contribution in [2.75, 3.05) is 46.9 Å². The maximum absolute atomic E-state index is 13.5. The van der Waals surface area contributed by atoms with E-state index in [1.54, 1.807) is 13.8 Å². The van der Waals surface area contributed by atoms with Crippen molar-refractivity contribution in [1.82, 2.24) is 0 Å². The quantitative estimate of drug-likeness (QED) is 0.161. The number of methoxy groups -OCH3 is 1. The molecule has 0 amide bonds. The van der Waals surface area contributed by atoms with Crippen molar-refractivity contribution in [3.63, 3.8) is 0 Å². The standard InChI is InChI=1S/C22H40B6O13P3/c1-11-17(33-4)14(37-20(11)23)9-35-43(6,31)40-18-12(2)21(27-24)38-15(18)10-36-44(7,32)41-19-13(3)22(28(25)26)39-16(19)8-34-42(5,29)30/h11-22H,8-10H2,1-7H3,(H,29,30)/p-1. The van der Waals surface area contributed by atoms with Crippen LogP contribution >= 0.6 is 22.8 Å². The molecule has 239 valence electrons. The zero-order valence-electron chi connectivity index (χ0n) is 26.2. The van der Waals surface area contributed by atoms with Crippen molar-refractivity contribution in [3.05, 3.63) is 0 Å². The molecule has 0 aliphatic carbocycles. The Balaban J connectivity index is 1.65. The van der Waals surface area contributed by atoms with Gasteiger partial charge in [-0.05, 0) is 0 Å². The lowest BCUT2D eigenvalue weighted by molar-refractivity contribution is -0.199. The molecule has 0 N–H and O–H groups in total. The van der Waals surface area contributed by atoms with E-state index in [2.05, 4.69) is 0 Å². The first-order chi connectivity index (χ1) is 20.3. The Bertz CT molecular complexity index is 1090. The first-order valence-corrected chi connectivity index (χ1v) is 20.3. The van der Waals surface area contributed by atoms with Crippen LogP contribution in [-0.2, 0) is 55.3 Å². The summed E-state index contributed by atoms with van der Waals surface area (Å²) in [6.07, 6.45) is -4.46. The van der Waals surface area contributed by atoms with Crippen LogP contribution < -0.4 is 4.89 Å². The smallest absolute Gasteiger partial charge is 0.328 e. The number of ether oxygens (including phenoxy) is 4. The monoisotopic (exact) mass is 670 g/mol. The zero-order chi connectivity index (χ0) is 33.2. The van der Waals surface area contributed by atoms with E-state index >= 15 is 0 Å².